The van der Waals surface area contributed by atoms with Gasteiger partial charge in [-0.2, -0.15) is 0 Å². The number of aliphatic carboxylic acids is 1. The number of carbonyl (C=O) groups is 2. The summed E-state index contributed by atoms with van der Waals surface area (Å²) in [6.45, 7) is 5.96. The number of nitrogens with zero attached hydrogens (tertiary/aromatic N) is 1. The summed E-state index contributed by atoms with van der Waals surface area (Å²) in [6.07, 6.45) is 1.10. The van der Waals surface area contributed by atoms with Gasteiger partial charge in [-0.1, -0.05) is 13.8 Å². The first-order chi connectivity index (χ1) is 7.74. The van der Waals surface area contributed by atoms with Crippen LogP contribution in [0.5, 0.6) is 0 Å². The molecule has 1 aliphatic rings. The molecule has 0 saturated carbocycles. The lowest BCUT2D eigenvalue weighted by Crippen LogP contribution is -2.48. The minimum Gasteiger partial charge on any atom is -0.481 e. The van der Waals surface area contributed by atoms with Gasteiger partial charge in [-0.05, 0) is 19.8 Å². The minimum absolute atomic E-state index is 0.129. The minimum atomic E-state index is -0.949. The lowest BCUT2D eigenvalue weighted by Gasteiger charge is -2.37. The zero-order chi connectivity index (χ0) is 13.2. The maximum atomic E-state index is 12.0. The molecule has 5 heteroatoms. The number of carboxylic acid groups (broad SMARTS) is 1. The topological polar surface area (TPSA) is 77.8 Å². The van der Waals surface area contributed by atoms with Crippen molar-refractivity contribution in [3.8, 4) is 0 Å². The second-order valence-corrected chi connectivity index (χ2v) is 5.24. The van der Waals surface area contributed by atoms with Crippen molar-refractivity contribution in [2.75, 3.05) is 13.1 Å². The van der Waals surface area contributed by atoms with Crippen LogP contribution in [-0.2, 0) is 9.59 Å². The van der Waals surface area contributed by atoms with Crippen LogP contribution in [-0.4, -0.2) is 45.7 Å². The first-order valence-electron chi connectivity index (χ1n) is 5.98. The zero-order valence-corrected chi connectivity index (χ0v) is 10.6. The fraction of sp³-hybridized carbons (Fsp3) is 0.833. The van der Waals surface area contributed by atoms with Gasteiger partial charge in [-0.3, -0.25) is 9.59 Å². The Morgan fingerprint density at radius 2 is 1.65 bits per heavy atom. The number of likely N-dealkylation sites (tertiary alicyclic amines) is 1. The number of hydrogen-bond acceptors (Lipinski definition) is 3. The van der Waals surface area contributed by atoms with Gasteiger partial charge in [0.05, 0.1) is 11.5 Å². The van der Waals surface area contributed by atoms with Crippen molar-refractivity contribution in [1.29, 1.82) is 0 Å². The second kappa shape index (κ2) is 5.04. The van der Waals surface area contributed by atoms with E-state index in [-0.39, 0.29) is 5.91 Å². The Hall–Kier alpha value is -1.10. The second-order valence-electron chi connectivity index (χ2n) is 5.24. The third-order valence-electron chi connectivity index (χ3n) is 3.68. The van der Waals surface area contributed by atoms with Crippen LogP contribution in [0, 0.1) is 11.8 Å². The number of aliphatic hydroxyl groups is 1. The van der Waals surface area contributed by atoms with Crippen LogP contribution in [0.2, 0.25) is 0 Å². The molecule has 1 heterocycles. The van der Waals surface area contributed by atoms with Gasteiger partial charge in [-0.25, -0.2) is 0 Å². The van der Waals surface area contributed by atoms with Crippen LogP contribution in [0.4, 0.5) is 0 Å². The normalized spacial score (nSPS) is 22.9. The molecule has 0 aliphatic carbocycles. The van der Waals surface area contributed by atoms with Gasteiger partial charge in [0.25, 0.3) is 0 Å². The molecular weight excluding hydrogens is 222 g/mol. The number of carboxylic acids is 1. The monoisotopic (exact) mass is 243 g/mol. The van der Waals surface area contributed by atoms with Gasteiger partial charge in [-0.15, -0.1) is 0 Å². The van der Waals surface area contributed by atoms with Crippen molar-refractivity contribution in [2.24, 2.45) is 11.8 Å². The van der Waals surface area contributed by atoms with E-state index in [9.17, 15) is 14.7 Å². The Morgan fingerprint density at radius 3 is 2.06 bits per heavy atom. The van der Waals surface area contributed by atoms with Gasteiger partial charge >= 0.3 is 5.97 Å². The fourth-order valence-electron chi connectivity index (χ4n) is 1.92. The van der Waals surface area contributed by atoms with Crippen molar-refractivity contribution in [3.05, 3.63) is 0 Å². The number of piperidine rings is 1. The van der Waals surface area contributed by atoms with Gasteiger partial charge in [0, 0.05) is 19.0 Å². The third kappa shape index (κ3) is 3.43. The summed E-state index contributed by atoms with van der Waals surface area (Å²) in [5.74, 6) is -2.27. The summed E-state index contributed by atoms with van der Waals surface area (Å²) in [5, 5.41) is 18.6. The molecule has 1 fully saturated rings. The van der Waals surface area contributed by atoms with Gasteiger partial charge in [0.15, 0.2) is 0 Å². The molecule has 5 nitrogen and oxygen atoms in total. The van der Waals surface area contributed by atoms with E-state index in [2.05, 4.69) is 0 Å². The maximum Gasteiger partial charge on any atom is 0.307 e. The molecule has 1 saturated heterocycles. The molecule has 0 aromatic carbocycles. The van der Waals surface area contributed by atoms with Crippen molar-refractivity contribution in [1.82, 2.24) is 4.90 Å². The smallest absolute Gasteiger partial charge is 0.307 e. The Balaban J connectivity index is 2.57. The molecule has 1 aliphatic heterocycles. The molecule has 1 amide bonds. The first-order valence-corrected chi connectivity index (χ1v) is 5.98. The third-order valence-corrected chi connectivity index (χ3v) is 3.68. The Bertz CT molecular complexity index is 304. The molecule has 98 valence electrons. The average molecular weight is 243 g/mol. The lowest BCUT2D eigenvalue weighted by atomic mass is 9.90. The molecule has 0 aromatic heterocycles. The highest BCUT2D eigenvalue weighted by Gasteiger charge is 2.34. The molecule has 0 spiro atoms. The Morgan fingerprint density at radius 1 is 1.18 bits per heavy atom. The largest absolute Gasteiger partial charge is 0.481 e. The molecule has 2 atom stereocenters. The predicted molar refractivity (Wildman–Crippen MR) is 62.4 cm³/mol. The van der Waals surface area contributed by atoms with Crippen LogP contribution >= 0.6 is 0 Å². The van der Waals surface area contributed by atoms with E-state index in [1.54, 1.807) is 25.7 Å². The number of carbonyl (C=O) groups excluding carboxylic acids is 1. The summed E-state index contributed by atoms with van der Waals surface area (Å²) in [4.78, 5) is 24.5. The molecule has 17 heavy (non-hydrogen) atoms. The van der Waals surface area contributed by atoms with Crippen LogP contribution < -0.4 is 0 Å². The van der Waals surface area contributed by atoms with Gasteiger partial charge < -0.3 is 15.1 Å². The summed E-state index contributed by atoms with van der Waals surface area (Å²) in [7, 11) is 0. The predicted octanol–water partition coefficient (Wildman–Crippen LogP) is 0.717. The SMILES string of the molecule is CC(C(=O)O)C(C)C(=O)N1CCC(C)(O)CC1. The van der Waals surface area contributed by atoms with E-state index in [0.29, 0.717) is 25.9 Å². The van der Waals surface area contributed by atoms with E-state index in [0.717, 1.165) is 0 Å². The summed E-state index contributed by atoms with van der Waals surface area (Å²) < 4.78 is 0. The van der Waals surface area contributed by atoms with Crippen molar-refractivity contribution in [3.63, 3.8) is 0 Å². The quantitative estimate of drug-likeness (QED) is 0.765. The Labute approximate surface area is 101 Å². The van der Waals surface area contributed by atoms with Crippen LogP contribution in [0.3, 0.4) is 0 Å². The maximum absolute atomic E-state index is 12.0. The number of rotatable bonds is 3. The van der Waals surface area contributed by atoms with E-state index in [1.165, 1.54) is 0 Å². The highest BCUT2D eigenvalue weighted by Crippen LogP contribution is 2.24. The number of amides is 1. The lowest BCUT2D eigenvalue weighted by molar-refractivity contribution is -0.150. The summed E-state index contributed by atoms with van der Waals surface area (Å²) in [6, 6.07) is 0. The van der Waals surface area contributed by atoms with Crippen LogP contribution in [0.1, 0.15) is 33.6 Å². The van der Waals surface area contributed by atoms with E-state index in [4.69, 9.17) is 5.11 Å². The van der Waals surface area contributed by atoms with E-state index in [1.807, 2.05) is 0 Å². The average Bonchev–Trinajstić information content (AvgIpc) is 2.26. The molecule has 1 rings (SSSR count). The van der Waals surface area contributed by atoms with Crippen molar-refractivity contribution < 1.29 is 19.8 Å². The fourth-order valence-corrected chi connectivity index (χ4v) is 1.92. The highest BCUT2D eigenvalue weighted by atomic mass is 16.4. The van der Waals surface area contributed by atoms with E-state index >= 15 is 0 Å². The highest BCUT2D eigenvalue weighted by molar-refractivity contribution is 5.84. The summed E-state index contributed by atoms with van der Waals surface area (Å²) >= 11 is 0. The Kier molecular flexibility index (Phi) is 4.14. The standard InChI is InChI=1S/C12H21NO4/c1-8(9(2)11(15)16)10(14)13-6-4-12(3,17)5-7-13/h8-9,17H,4-7H2,1-3H3,(H,15,16). The number of hydrogen-bond donors (Lipinski definition) is 2. The molecule has 0 aromatic rings. The van der Waals surface area contributed by atoms with Crippen molar-refractivity contribution in [2.45, 2.75) is 39.2 Å². The van der Waals surface area contributed by atoms with Crippen LogP contribution in [0.25, 0.3) is 0 Å². The molecular formula is C12H21NO4. The summed E-state index contributed by atoms with van der Waals surface area (Å²) in [5.41, 5.74) is -0.696. The van der Waals surface area contributed by atoms with Crippen LogP contribution in [0.15, 0.2) is 0 Å². The molecule has 0 radical (unpaired) electrons. The zero-order valence-electron chi connectivity index (χ0n) is 10.6. The first kappa shape index (κ1) is 14.0. The molecule has 2 N–H and O–H groups in total. The van der Waals surface area contributed by atoms with Gasteiger partial charge in [0.1, 0.15) is 0 Å². The molecule has 0 bridgehead atoms. The molecule has 2 unspecified atom stereocenters. The van der Waals surface area contributed by atoms with Crippen molar-refractivity contribution >= 4 is 11.9 Å². The van der Waals surface area contributed by atoms with Gasteiger partial charge in [0.2, 0.25) is 5.91 Å². The van der Waals surface area contributed by atoms with E-state index < -0.39 is 23.4 Å².